The van der Waals surface area contributed by atoms with Gasteiger partial charge in [-0.2, -0.15) is 0 Å². The van der Waals surface area contributed by atoms with Crippen molar-refractivity contribution in [1.29, 1.82) is 0 Å². The van der Waals surface area contributed by atoms with Gasteiger partial charge in [0.2, 0.25) is 11.8 Å². The molecule has 0 saturated heterocycles. The van der Waals surface area contributed by atoms with E-state index in [-0.39, 0.29) is 17.7 Å². The number of carbonyl (C=O) groups is 3. The van der Waals surface area contributed by atoms with Crippen LogP contribution in [0.5, 0.6) is 0 Å². The predicted molar refractivity (Wildman–Crippen MR) is 112 cm³/mol. The van der Waals surface area contributed by atoms with Gasteiger partial charge in [0.15, 0.2) is 0 Å². The molecule has 1 aromatic carbocycles. The lowest BCUT2D eigenvalue weighted by Gasteiger charge is -2.19. The first kappa shape index (κ1) is 22.7. The molecule has 1 saturated carbocycles. The summed E-state index contributed by atoms with van der Waals surface area (Å²) in [4.78, 5) is 35.8. The smallest absolute Gasteiger partial charge is 0.407 e. The number of rotatable bonds is 8. The summed E-state index contributed by atoms with van der Waals surface area (Å²) in [6, 6.07) is 7.53. The van der Waals surface area contributed by atoms with E-state index in [9.17, 15) is 14.4 Å². The molecule has 0 aliphatic heterocycles. The number of hydrogen-bond acceptors (Lipinski definition) is 4. The number of anilines is 1. The highest BCUT2D eigenvalue weighted by molar-refractivity contribution is 5.92. The fourth-order valence-corrected chi connectivity index (χ4v) is 3.23. The van der Waals surface area contributed by atoms with E-state index >= 15 is 0 Å². The Labute approximate surface area is 173 Å². The number of hydrogen-bond donors (Lipinski definition) is 3. The maximum Gasteiger partial charge on any atom is 0.407 e. The molecule has 3 amide bonds. The third-order valence-corrected chi connectivity index (χ3v) is 4.66. The van der Waals surface area contributed by atoms with Gasteiger partial charge in [-0.15, -0.1) is 0 Å². The van der Waals surface area contributed by atoms with Crippen molar-refractivity contribution in [3.8, 4) is 0 Å². The van der Waals surface area contributed by atoms with Crippen molar-refractivity contribution in [2.45, 2.75) is 71.4 Å². The Morgan fingerprint density at radius 3 is 2.52 bits per heavy atom. The first-order chi connectivity index (χ1) is 13.7. The maximum atomic E-state index is 12.2. The molecule has 160 valence electrons. The van der Waals surface area contributed by atoms with Crippen LogP contribution >= 0.6 is 0 Å². The van der Waals surface area contributed by atoms with Crippen molar-refractivity contribution in [3.63, 3.8) is 0 Å². The van der Waals surface area contributed by atoms with Crippen molar-refractivity contribution in [2.75, 3.05) is 11.9 Å². The summed E-state index contributed by atoms with van der Waals surface area (Å²) in [6.07, 6.45) is 4.54. The van der Waals surface area contributed by atoms with Gasteiger partial charge in [0.25, 0.3) is 0 Å². The number of nitrogens with one attached hydrogen (secondary N) is 3. The zero-order valence-electron chi connectivity index (χ0n) is 17.7. The van der Waals surface area contributed by atoms with Crippen LogP contribution in [0.15, 0.2) is 24.3 Å². The molecule has 0 atom stereocenters. The molecule has 2 rings (SSSR count). The monoisotopic (exact) mass is 403 g/mol. The summed E-state index contributed by atoms with van der Waals surface area (Å²) >= 11 is 0. The first-order valence-electron chi connectivity index (χ1n) is 10.4. The SMILES string of the molecule is CC(C)(C)OC(=O)NCCCC(=O)NCc1cccc(NC(=O)C2CCCC2)c1. The highest BCUT2D eigenvalue weighted by Gasteiger charge is 2.22. The van der Waals surface area contributed by atoms with Gasteiger partial charge in [-0.25, -0.2) is 4.79 Å². The van der Waals surface area contributed by atoms with E-state index in [1.165, 1.54) is 0 Å². The number of amides is 3. The Morgan fingerprint density at radius 1 is 1.10 bits per heavy atom. The minimum atomic E-state index is -0.535. The first-order valence-corrected chi connectivity index (χ1v) is 10.4. The molecule has 0 aromatic heterocycles. The van der Waals surface area contributed by atoms with Gasteiger partial charge in [0, 0.05) is 31.1 Å². The molecule has 0 heterocycles. The Hall–Kier alpha value is -2.57. The predicted octanol–water partition coefficient (Wildman–Crippen LogP) is 3.74. The van der Waals surface area contributed by atoms with Gasteiger partial charge in [0.1, 0.15) is 5.60 Å². The van der Waals surface area contributed by atoms with Crippen molar-refractivity contribution < 1.29 is 19.1 Å². The highest BCUT2D eigenvalue weighted by Crippen LogP contribution is 2.26. The lowest BCUT2D eigenvalue weighted by Crippen LogP contribution is -2.33. The van der Waals surface area contributed by atoms with Gasteiger partial charge in [-0.3, -0.25) is 9.59 Å². The zero-order valence-corrected chi connectivity index (χ0v) is 17.7. The Morgan fingerprint density at radius 2 is 1.83 bits per heavy atom. The van der Waals surface area contributed by atoms with Gasteiger partial charge < -0.3 is 20.7 Å². The Kier molecular flexibility index (Phi) is 8.49. The van der Waals surface area contributed by atoms with Crippen molar-refractivity contribution >= 4 is 23.6 Å². The van der Waals surface area contributed by atoms with Gasteiger partial charge in [-0.1, -0.05) is 25.0 Å². The topological polar surface area (TPSA) is 96.5 Å². The van der Waals surface area contributed by atoms with Crippen molar-refractivity contribution in [3.05, 3.63) is 29.8 Å². The minimum Gasteiger partial charge on any atom is -0.444 e. The van der Waals surface area contributed by atoms with E-state index in [2.05, 4.69) is 16.0 Å². The van der Waals surface area contributed by atoms with Crippen LogP contribution in [0.2, 0.25) is 0 Å². The normalized spacial score (nSPS) is 14.3. The Balaban J connectivity index is 1.66. The minimum absolute atomic E-state index is 0.0844. The molecule has 7 nitrogen and oxygen atoms in total. The molecule has 0 radical (unpaired) electrons. The molecular weight excluding hydrogens is 370 g/mol. The van der Waals surface area contributed by atoms with Crippen LogP contribution in [0.1, 0.15) is 64.9 Å². The lowest BCUT2D eigenvalue weighted by atomic mass is 10.1. The van der Waals surface area contributed by atoms with Crippen LogP contribution in [0, 0.1) is 5.92 Å². The van der Waals surface area contributed by atoms with Crippen molar-refractivity contribution in [1.82, 2.24) is 10.6 Å². The van der Waals surface area contributed by atoms with E-state index in [1.54, 1.807) is 20.8 Å². The van der Waals surface area contributed by atoms with Crippen LogP contribution in [-0.2, 0) is 20.9 Å². The van der Waals surface area contributed by atoms with Crippen LogP contribution in [-0.4, -0.2) is 30.1 Å². The van der Waals surface area contributed by atoms with Gasteiger partial charge >= 0.3 is 6.09 Å². The molecular formula is C22H33N3O4. The fourth-order valence-electron chi connectivity index (χ4n) is 3.23. The number of alkyl carbamates (subject to hydrolysis) is 1. The molecule has 0 unspecified atom stereocenters. The number of carbonyl (C=O) groups excluding carboxylic acids is 3. The summed E-state index contributed by atoms with van der Waals surface area (Å²) in [6.45, 7) is 6.18. The second-order valence-corrected chi connectivity index (χ2v) is 8.48. The van der Waals surface area contributed by atoms with Crippen LogP contribution in [0.25, 0.3) is 0 Å². The molecule has 1 aliphatic carbocycles. The van der Waals surface area contributed by atoms with Crippen LogP contribution in [0.4, 0.5) is 10.5 Å². The van der Waals surface area contributed by atoms with Crippen molar-refractivity contribution in [2.24, 2.45) is 5.92 Å². The molecule has 7 heteroatoms. The van der Waals surface area contributed by atoms with Gasteiger partial charge in [0.05, 0.1) is 0 Å². The maximum absolute atomic E-state index is 12.2. The molecule has 1 aliphatic rings. The third-order valence-electron chi connectivity index (χ3n) is 4.66. The number of ether oxygens (including phenoxy) is 1. The summed E-state index contributed by atoms with van der Waals surface area (Å²) in [5, 5.41) is 8.48. The van der Waals surface area contributed by atoms with E-state index in [0.29, 0.717) is 25.9 Å². The summed E-state index contributed by atoms with van der Waals surface area (Å²) < 4.78 is 5.14. The average Bonchev–Trinajstić information content (AvgIpc) is 3.17. The highest BCUT2D eigenvalue weighted by atomic mass is 16.6. The molecule has 1 aromatic rings. The molecule has 0 spiro atoms. The third kappa shape index (κ3) is 8.98. The molecule has 1 fully saturated rings. The summed E-state index contributed by atoms with van der Waals surface area (Å²) in [7, 11) is 0. The molecule has 29 heavy (non-hydrogen) atoms. The zero-order chi connectivity index (χ0) is 21.3. The fraction of sp³-hybridized carbons (Fsp3) is 0.591. The van der Waals surface area contributed by atoms with E-state index in [0.717, 1.165) is 36.9 Å². The quantitative estimate of drug-likeness (QED) is 0.576. The largest absolute Gasteiger partial charge is 0.444 e. The van der Waals surface area contributed by atoms with E-state index in [1.807, 2.05) is 24.3 Å². The second kappa shape index (κ2) is 10.8. The number of benzene rings is 1. The van der Waals surface area contributed by atoms with E-state index in [4.69, 9.17) is 4.74 Å². The van der Waals surface area contributed by atoms with Crippen LogP contribution < -0.4 is 16.0 Å². The standard InChI is InChI=1S/C22H33N3O4/c1-22(2,3)29-21(28)23-13-7-12-19(26)24-15-16-8-6-11-18(14-16)25-20(27)17-9-4-5-10-17/h6,8,11,14,17H,4-5,7,9-10,12-13,15H2,1-3H3,(H,23,28)(H,24,26)(H,25,27). The van der Waals surface area contributed by atoms with E-state index < -0.39 is 11.7 Å². The lowest BCUT2D eigenvalue weighted by molar-refractivity contribution is -0.121. The molecule has 3 N–H and O–H groups in total. The second-order valence-electron chi connectivity index (χ2n) is 8.48. The molecule has 0 bridgehead atoms. The average molecular weight is 404 g/mol. The van der Waals surface area contributed by atoms with Crippen LogP contribution in [0.3, 0.4) is 0 Å². The summed E-state index contributed by atoms with van der Waals surface area (Å²) in [5.41, 5.74) is 1.15. The van der Waals surface area contributed by atoms with Gasteiger partial charge in [-0.05, 0) is 57.7 Å². The Bertz CT molecular complexity index is 706. The summed E-state index contributed by atoms with van der Waals surface area (Å²) in [5.74, 6) is 0.116.